The van der Waals surface area contributed by atoms with Crippen molar-refractivity contribution in [3.63, 3.8) is 0 Å². The zero-order valence-electron chi connectivity index (χ0n) is 11.8. The lowest BCUT2D eigenvalue weighted by Crippen LogP contribution is -2.39. The van der Waals surface area contributed by atoms with Crippen molar-refractivity contribution in [2.75, 3.05) is 0 Å². The van der Waals surface area contributed by atoms with Crippen molar-refractivity contribution in [2.45, 2.75) is 39.4 Å². The minimum absolute atomic E-state index is 0.0959. The highest BCUT2D eigenvalue weighted by Crippen LogP contribution is 2.32. The van der Waals surface area contributed by atoms with Crippen LogP contribution in [0.1, 0.15) is 40.9 Å². The van der Waals surface area contributed by atoms with E-state index in [2.05, 4.69) is 5.32 Å². The van der Waals surface area contributed by atoms with E-state index in [-0.39, 0.29) is 23.1 Å². The minimum Gasteiger partial charge on any atom is -0.480 e. The van der Waals surface area contributed by atoms with Crippen LogP contribution in [0, 0.1) is 6.92 Å². The first-order valence-corrected chi connectivity index (χ1v) is 6.32. The molecule has 0 aliphatic rings. The molecule has 0 fully saturated rings. The van der Waals surface area contributed by atoms with Crippen LogP contribution in [0.2, 0.25) is 0 Å². The molecule has 1 aromatic rings. The van der Waals surface area contributed by atoms with Gasteiger partial charge in [0, 0.05) is 5.56 Å². The number of aliphatic carboxylic acids is 1. The number of carboxylic acids is 1. The summed E-state index contributed by atoms with van der Waals surface area (Å²) < 4.78 is 38.3. The second kappa shape index (κ2) is 6.15. The molecular formula is C14H16F3NO3. The lowest BCUT2D eigenvalue weighted by molar-refractivity contribution is -0.139. The van der Waals surface area contributed by atoms with E-state index in [1.165, 1.54) is 13.8 Å². The average Bonchev–Trinajstić information content (AvgIpc) is 2.35. The number of carbonyl (C=O) groups is 2. The molecule has 0 aliphatic heterocycles. The van der Waals surface area contributed by atoms with Gasteiger partial charge in [0.2, 0.25) is 0 Å². The van der Waals surface area contributed by atoms with Gasteiger partial charge in [0.1, 0.15) is 6.04 Å². The Balaban J connectivity index is 3.24. The van der Waals surface area contributed by atoms with E-state index >= 15 is 0 Å². The van der Waals surface area contributed by atoms with Crippen molar-refractivity contribution >= 4 is 11.9 Å². The molecule has 0 spiro atoms. The first-order chi connectivity index (χ1) is 9.57. The Labute approximate surface area is 120 Å². The molecule has 1 amide bonds. The lowest BCUT2D eigenvalue weighted by atomic mass is 9.95. The third-order valence-electron chi connectivity index (χ3n) is 3.07. The van der Waals surface area contributed by atoms with Gasteiger partial charge in [-0.05, 0) is 43.5 Å². The molecule has 1 unspecified atom stereocenters. The van der Waals surface area contributed by atoms with Gasteiger partial charge in [-0.15, -0.1) is 0 Å². The van der Waals surface area contributed by atoms with E-state index in [0.717, 1.165) is 12.1 Å². The predicted octanol–water partition coefficient (Wildman–Crippen LogP) is 2.78. The largest absolute Gasteiger partial charge is 0.480 e. The monoisotopic (exact) mass is 303 g/mol. The fourth-order valence-electron chi connectivity index (χ4n) is 1.96. The summed E-state index contributed by atoms with van der Waals surface area (Å²) in [6.07, 6.45) is -4.26. The van der Waals surface area contributed by atoms with Crippen LogP contribution in [-0.4, -0.2) is 23.0 Å². The lowest BCUT2D eigenvalue weighted by Gasteiger charge is -2.17. The molecule has 116 valence electrons. The molecular weight excluding hydrogens is 287 g/mol. The topological polar surface area (TPSA) is 66.4 Å². The second-order valence-corrected chi connectivity index (χ2v) is 4.71. The number of rotatable bonds is 4. The van der Waals surface area contributed by atoms with Gasteiger partial charge in [-0.1, -0.05) is 6.92 Å². The van der Waals surface area contributed by atoms with Gasteiger partial charge in [-0.3, -0.25) is 9.59 Å². The van der Waals surface area contributed by atoms with Crippen molar-refractivity contribution in [3.8, 4) is 0 Å². The number of halogens is 3. The number of benzene rings is 1. The van der Waals surface area contributed by atoms with Gasteiger partial charge < -0.3 is 10.4 Å². The third-order valence-corrected chi connectivity index (χ3v) is 3.07. The van der Waals surface area contributed by atoms with Crippen molar-refractivity contribution in [1.82, 2.24) is 5.32 Å². The Morgan fingerprint density at radius 2 is 1.90 bits per heavy atom. The van der Waals surface area contributed by atoms with E-state index in [9.17, 15) is 22.8 Å². The van der Waals surface area contributed by atoms with Crippen LogP contribution in [0.3, 0.4) is 0 Å². The van der Waals surface area contributed by atoms with Crippen LogP contribution in [0.25, 0.3) is 0 Å². The fourth-order valence-corrected chi connectivity index (χ4v) is 1.96. The van der Waals surface area contributed by atoms with Gasteiger partial charge in [0.05, 0.1) is 5.56 Å². The summed E-state index contributed by atoms with van der Waals surface area (Å²) in [5.74, 6) is -1.90. The van der Waals surface area contributed by atoms with Crippen LogP contribution in [-0.2, 0) is 17.4 Å². The van der Waals surface area contributed by atoms with E-state index in [0.29, 0.717) is 0 Å². The van der Waals surface area contributed by atoms with Crippen molar-refractivity contribution in [1.29, 1.82) is 0 Å². The van der Waals surface area contributed by atoms with Crippen LogP contribution >= 0.6 is 0 Å². The van der Waals surface area contributed by atoms with Crippen LogP contribution in [0.15, 0.2) is 12.1 Å². The minimum atomic E-state index is -4.49. The standard InChI is InChI=1S/C14H16F3NO3/c1-4-9-6-10(14(15,16)17)5-7(2)11(9)12(19)18-8(3)13(20)21/h5-6,8H,4H2,1-3H3,(H,18,19)(H,20,21). The molecule has 4 nitrogen and oxygen atoms in total. The third kappa shape index (κ3) is 3.96. The summed E-state index contributed by atoms with van der Waals surface area (Å²) in [5, 5.41) is 11.0. The molecule has 0 radical (unpaired) electrons. The molecule has 1 rings (SSSR count). The predicted molar refractivity (Wildman–Crippen MR) is 70.1 cm³/mol. The SMILES string of the molecule is CCc1cc(C(F)(F)F)cc(C)c1C(=O)NC(C)C(=O)O. The number of alkyl halides is 3. The van der Waals surface area contributed by atoms with E-state index in [1.54, 1.807) is 6.92 Å². The van der Waals surface area contributed by atoms with Gasteiger partial charge in [-0.25, -0.2) is 0 Å². The van der Waals surface area contributed by atoms with Crippen molar-refractivity contribution in [3.05, 3.63) is 34.4 Å². The highest BCUT2D eigenvalue weighted by atomic mass is 19.4. The molecule has 2 N–H and O–H groups in total. The number of nitrogens with one attached hydrogen (secondary N) is 1. The van der Waals surface area contributed by atoms with Gasteiger partial charge >= 0.3 is 12.1 Å². The zero-order valence-corrected chi connectivity index (χ0v) is 11.8. The van der Waals surface area contributed by atoms with Crippen LogP contribution in [0.5, 0.6) is 0 Å². The van der Waals surface area contributed by atoms with Crippen LogP contribution in [0.4, 0.5) is 13.2 Å². The van der Waals surface area contributed by atoms with Crippen molar-refractivity contribution in [2.24, 2.45) is 0 Å². The maximum atomic E-state index is 12.8. The number of amides is 1. The molecule has 0 saturated carbocycles. The number of hydrogen-bond donors (Lipinski definition) is 2. The highest BCUT2D eigenvalue weighted by molar-refractivity contribution is 5.99. The Hall–Kier alpha value is -2.05. The molecule has 0 aromatic heterocycles. The normalized spacial score (nSPS) is 12.9. The molecule has 0 heterocycles. The highest BCUT2D eigenvalue weighted by Gasteiger charge is 2.32. The summed E-state index contributed by atoms with van der Waals surface area (Å²) in [5.41, 5.74) is -0.326. The summed E-state index contributed by atoms with van der Waals surface area (Å²) in [7, 11) is 0. The Kier molecular flexibility index (Phi) is 4.98. The van der Waals surface area contributed by atoms with E-state index in [4.69, 9.17) is 5.11 Å². The first-order valence-electron chi connectivity index (χ1n) is 6.32. The average molecular weight is 303 g/mol. The summed E-state index contributed by atoms with van der Waals surface area (Å²) >= 11 is 0. The first kappa shape index (κ1) is 17.0. The van der Waals surface area contributed by atoms with E-state index < -0.39 is 29.7 Å². The fraction of sp³-hybridized carbons (Fsp3) is 0.429. The zero-order chi connectivity index (χ0) is 16.4. The van der Waals surface area contributed by atoms with Gasteiger partial charge in [0.25, 0.3) is 5.91 Å². The maximum Gasteiger partial charge on any atom is 0.416 e. The van der Waals surface area contributed by atoms with Gasteiger partial charge in [0.15, 0.2) is 0 Å². The Morgan fingerprint density at radius 1 is 1.33 bits per heavy atom. The molecule has 1 atom stereocenters. The second-order valence-electron chi connectivity index (χ2n) is 4.71. The quantitative estimate of drug-likeness (QED) is 0.899. The van der Waals surface area contributed by atoms with Crippen molar-refractivity contribution < 1.29 is 27.9 Å². The number of aryl methyl sites for hydroxylation is 2. The Morgan fingerprint density at radius 3 is 2.33 bits per heavy atom. The molecule has 1 aromatic carbocycles. The molecule has 0 aliphatic carbocycles. The number of hydrogen-bond acceptors (Lipinski definition) is 2. The molecule has 0 saturated heterocycles. The molecule has 21 heavy (non-hydrogen) atoms. The summed E-state index contributed by atoms with van der Waals surface area (Å²) in [6, 6.07) is 0.691. The maximum absolute atomic E-state index is 12.8. The summed E-state index contributed by atoms with van der Waals surface area (Å²) in [4.78, 5) is 22.8. The molecule has 7 heteroatoms. The Bertz CT molecular complexity index is 567. The number of carboxylic acid groups (broad SMARTS) is 1. The summed E-state index contributed by atoms with van der Waals surface area (Å²) in [6.45, 7) is 4.31. The molecule has 0 bridgehead atoms. The van der Waals surface area contributed by atoms with Gasteiger partial charge in [-0.2, -0.15) is 13.2 Å². The number of carbonyl (C=O) groups excluding carboxylic acids is 1. The van der Waals surface area contributed by atoms with Crippen LogP contribution < -0.4 is 5.32 Å². The smallest absolute Gasteiger partial charge is 0.416 e. The van der Waals surface area contributed by atoms with E-state index in [1.807, 2.05) is 0 Å².